The van der Waals surface area contributed by atoms with Gasteiger partial charge in [0.25, 0.3) is 10.0 Å². The fourth-order valence-electron chi connectivity index (χ4n) is 1.64. The zero-order valence-electron chi connectivity index (χ0n) is 11.5. The second-order valence-electron chi connectivity index (χ2n) is 4.38. The average molecular weight is 315 g/mol. The first-order valence-electron chi connectivity index (χ1n) is 6.11. The fraction of sp³-hybridized carbons (Fsp3) is 0.455. The van der Waals surface area contributed by atoms with E-state index in [-0.39, 0.29) is 11.1 Å². The van der Waals surface area contributed by atoms with Crippen LogP contribution in [0.3, 0.4) is 0 Å². The van der Waals surface area contributed by atoms with Crippen LogP contribution in [0.2, 0.25) is 0 Å². The van der Waals surface area contributed by atoms with E-state index in [4.69, 9.17) is 5.73 Å². The van der Waals surface area contributed by atoms with Crippen LogP contribution in [0.15, 0.2) is 16.6 Å². The van der Waals surface area contributed by atoms with Gasteiger partial charge in [-0.05, 0) is 20.8 Å². The summed E-state index contributed by atoms with van der Waals surface area (Å²) in [5, 5.41) is 2.02. The zero-order valence-corrected chi connectivity index (χ0v) is 13.1. The molecule has 0 spiro atoms. The Bertz CT molecular complexity index is 702. The van der Waals surface area contributed by atoms with E-state index in [2.05, 4.69) is 14.7 Å². The molecular weight excluding hydrogens is 298 g/mol. The highest BCUT2D eigenvalue weighted by atomic mass is 32.2. The van der Waals surface area contributed by atoms with Crippen molar-refractivity contribution in [3.8, 4) is 0 Å². The quantitative estimate of drug-likeness (QED) is 0.870. The van der Waals surface area contributed by atoms with E-state index < -0.39 is 10.0 Å². The van der Waals surface area contributed by atoms with Crippen LogP contribution < -0.4 is 10.5 Å². The Morgan fingerprint density at radius 2 is 2.20 bits per heavy atom. The van der Waals surface area contributed by atoms with E-state index in [1.807, 2.05) is 6.92 Å². The topological polar surface area (TPSA) is 103 Å². The minimum atomic E-state index is -3.71. The third kappa shape index (κ3) is 3.00. The smallest absolute Gasteiger partial charge is 0.282 e. The Morgan fingerprint density at radius 3 is 2.70 bits per heavy atom. The third-order valence-electron chi connectivity index (χ3n) is 2.78. The number of rotatable bonds is 5. The number of nitrogens with one attached hydrogen (secondary N) is 1. The van der Waals surface area contributed by atoms with Crippen LogP contribution in [0.1, 0.15) is 31.4 Å². The fourth-order valence-corrected chi connectivity index (χ4v) is 3.72. The highest BCUT2D eigenvalue weighted by molar-refractivity contribution is 7.92. The number of sulfonamides is 1. The normalized spacial score (nSPS) is 13.4. The lowest BCUT2D eigenvalue weighted by Gasteiger charge is -2.02. The summed E-state index contributed by atoms with van der Waals surface area (Å²) in [7, 11) is -3.71. The van der Waals surface area contributed by atoms with Gasteiger partial charge in [0.15, 0.2) is 10.2 Å². The highest BCUT2D eigenvalue weighted by Gasteiger charge is 2.20. The van der Waals surface area contributed by atoms with Gasteiger partial charge in [-0.3, -0.25) is 4.72 Å². The van der Waals surface area contributed by atoms with Crippen LogP contribution in [-0.4, -0.2) is 23.0 Å². The van der Waals surface area contributed by atoms with Gasteiger partial charge in [-0.1, -0.05) is 0 Å². The first-order valence-corrected chi connectivity index (χ1v) is 8.47. The summed E-state index contributed by atoms with van der Waals surface area (Å²) in [6.45, 7) is 6.15. The van der Waals surface area contributed by atoms with Gasteiger partial charge >= 0.3 is 0 Å². The number of thiazole rings is 1. The van der Waals surface area contributed by atoms with Gasteiger partial charge in [0.1, 0.15) is 5.82 Å². The molecule has 0 saturated heterocycles. The molecule has 0 amide bonds. The maximum Gasteiger partial charge on any atom is 0.282 e. The standard InChI is InChI=1S/C11H17N5O2S2/c1-4-16-5-10(13-8(16)3)20(17,18)15-11-14-9(6-19-11)7(2)12/h5-7H,4,12H2,1-3H3,(H,14,15). The maximum absolute atomic E-state index is 12.2. The molecular formula is C11H17N5O2S2. The van der Waals surface area contributed by atoms with E-state index in [1.165, 1.54) is 17.5 Å². The summed E-state index contributed by atoms with van der Waals surface area (Å²) in [6.07, 6.45) is 1.51. The molecule has 1 unspecified atom stereocenters. The van der Waals surface area contributed by atoms with Gasteiger partial charge in [0, 0.05) is 24.2 Å². The molecule has 0 aliphatic carbocycles. The minimum Gasteiger partial charge on any atom is -0.334 e. The van der Waals surface area contributed by atoms with Crippen LogP contribution in [0.25, 0.3) is 0 Å². The molecule has 9 heteroatoms. The molecule has 3 N–H and O–H groups in total. The molecule has 2 aromatic rings. The molecule has 0 aliphatic rings. The van der Waals surface area contributed by atoms with Gasteiger partial charge in [-0.15, -0.1) is 11.3 Å². The number of hydrogen-bond donors (Lipinski definition) is 2. The molecule has 7 nitrogen and oxygen atoms in total. The number of nitrogens with two attached hydrogens (primary N) is 1. The predicted molar refractivity (Wildman–Crippen MR) is 78.2 cm³/mol. The SMILES string of the molecule is CCn1cc(S(=O)(=O)Nc2nc(C(C)N)cs2)nc1C. The van der Waals surface area contributed by atoms with Crippen molar-refractivity contribution < 1.29 is 8.42 Å². The van der Waals surface area contributed by atoms with Crippen molar-refractivity contribution in [3.63, 3.8) is 0 Å². The minimum absolute atomic E-state index is 0.00519. The second-order valence-corrected chi connectivity index (χ2v) is 6.87. The van der Waals surface area contributed by atoms with Crippen molar-refractivity contribution in [2.75, 3.05) is 4.72 Å². The molecule has 0 radical (unpaired) electrons. The summed E-state index contributed by atoms with van der Waals surface area (Å²) in [6, 6.07) is -0.231. The molecule has 2 aromatic heterocycles. The number of aromatic nitrogens is 3. The summed E-state index contributed by atoms with van der Waals surface area (Å²) < 4.78 is 28.6. The van der Waals surface area contributed by atoms with Gasteiger partial charge in [-0.2, -0.15) is 8.42 Å². The lowest BCUT2D eigenvalue weighted by atomic mass is 10.3. The van der Waals surface area contributed by atoms with Crippen LogP contribution in [0, 0.1) is 6.92 Å². The largest absolute Gasteiger partial charge is 0.334 e. The Kier molecular flexibility index (Phi) is 4.11. The molecule has 0 saturated carbocycles. The van der Waals surface area contributed by atoms with E-state index in [0.29, 0.717) is 23.2 Å². The van der Waals surface area contributed by atoms with E-state index >= 15 is 0 Å². The Labute approximate surface area is 121 Å². The number of imidazole rings is 1. The number of nitrogens with zero attached hydrogens (tertiary/aromatic N) is 3. The third-order valence-corrected chi connectivity index (χ3v) is 4.89. The molecule has 2 heterocycles. The van der Waals surface area contributed by atoms with Crippen molar-refractivity contribution >= 4 is 26.5 Å². The van der Waals surface area contributed by atoms with E-state index in [9.17, 15) is 8.42 Å². The van der Waals surface area contributed by atoms with Crippen LogP contribution in [0.5, 0.6) is 0 Å². The summed E-state index contributed by atoms with van der Waals surface area (Å²) >= 11 is 1.20. The second kappa shape index (κ2) is 5.51. The zero-order chi connectivity index (χ0) is 14.9. The summed E-state index contributed by atoms with van der Waals surface area (Å²) in [5.74, 6) is 0.656. The Morgan fingerprint density at radius 1 is 1.50 bits per heavy atom. The Hall–Kier alpha value is -1.45. The van der Waals surface area contributed by atoms with Gasteiger partial charge in [0.2, 0.25) is 0 Å². The maximum atomic E-state index is 12.2. The van der Waals surface area contributed by atoms with Crippen molar-refractivity contribution in [2.45, 2.75) is 38.4 Å². The Balaban J connectivity index is 2.25. The highest BCUT2D eigenvalue weighted by Crippen LogP contribution is 2.22. The molecule has 0 aromatic carbocycles. The molecule has 20 heavy (non-hydrogen) atoms. The van der Waals surface area contributed by atoms with Gasteiger partial charge in [0.05, 0.1) is 5.69 Å². The van der Waals surface area contributed by atoms with Crippen molar-refractivity contribution in [2.24, 2.45) is 5.73 Å². The van der Waals surface area contributed by atoms with Crippen LogP contribution in [0.4, 0.5) is 5.13 Å². The number of anilines is 1. The average Bonchev–Trinajstić information content (AvgIpc) is 2.95. The van der Waals surface area contributed by atoms with Gasteiger partial charge in [-0.25, -0.2) is 9.97 Å². The molecule has 0 aliphatic heterocycles. The number of hydrogen-bond acceptors (Lipinski definition) is 6. The first-order chi connectivity index (χ1) is 9.33. The van der Waals surface area contributed by atoms with Gasteiger partial charge < -0.3 is 10.3 Å². The number of aryl methyl sites for hydroxylation is 2. The van der Waals surface area contributed by atoms with E-state index in [1.54, 1.807) is 23.8 Å². The monoisotopic (exact) mass is 315 g/mol. The molecule has 0 fully saturated rings. The first kappa shape index (κ1) is 14.9. The molecule has 110 valence electrons. The predicted octanol–water partition coefficient (Wildman–Crippen LogP) is 1.49. The summed E-state index contributed by atoms with van der Waals surface area (Å²) in [4.78, 5) is 8.19. The van der Waals surface area contributed by atoms with Crippen LogP contribution in [-0.2, 0) is 16.6 Å². The molecule has 1 atom stereocenters. The summed E-state index contributed by atoms with van der Waals surface area (Å²) in [5.41, 5.74) is 6.35. The van der Waals surface area contributed by atoms with Crippen molar-refractivity contribution in [1.29, 1.82) is 0 Å². The van der Waals surface area contributed by atoms with Crippen molar-refractivity contribution in [3.05, 3.63) is 23.1 Å². The van der Waals surface area contributed by atoms with Crippen molar-refractivity contribution in [1.82, 2.24) is 14.5 Å². The molecule has 2 rings (SSSR count). The lowest BCUT2D eigenvalue weighted by Crippen LogP contribution is -2.14. The van der Waals surface area contributed by atoms with E-state index in [0.717, 1.165) is 0 Å². The molecule has 0 bridgehead atoms. The van der Waals surface area contributed by atoms with Crippen LogP contribution >= 0.6 is 11.3 Å². The lowest BCUT2D eigenvalue weighted by molar-refractivity contribution is 0.598.